The van der Waals surface area contributed by atoms with Gasteiger partial charge in [0.1, 0.15) is 0 Å². The summed E-state index contributed by atoms with van der Waals surface area (Å²) >= 11 is 0.765. The molecule has 0 bridgehead atoms. The molecule has 1 aromatic heterocycles. The van der Waals surface area contributed by atoms with Gasteiger partial charge in [0, 0.05) is 0 Å². The van der Waals surface area contributed by atoms with Crippen molar-refractivity contribution in [3.8, 4) is 0 Å². The number of hydrazine groups is 1. The minimum absolute atomic E-state index is 0.000417. The number of carbonyl (C=O) groups is 2. The standard InChI is InChI=1S/C4H6N6O2S/c5-4(12)7-2-1(3(11)8-6)9-13-10-2/h6H2,(H,8,11)(H3,5,7,10,12). The Balaban J connectivity index is 2.89. The first-order valence-corrected chi connectivity index (χ1v) is 3.78. The van der Waals surface area contributed by atoms with Crippen molar-refractivity contribution < 1.29 is 9.59 Å². The Morgan fingerprint density at radius 2 is 2.08 bits per heavy atom. The molecule has 9 heteroatoms. The lowest BCUT2D eigenvalue weighted by Gasteiger charge is -1.98. The number of hydrogen-bond acceptors (Lipinski definition) is 6. The lowest BCUT2D eigenvalue weighted by molar-refractivity contribution is 0.0950. The fraction of sp³-hybridized carbons (Fsp3) is 0. The van der Waals surface area contributed by atoms with Gasteiger partial charge in [-0.3, -0.25) is 15.5 Å². The zero-order valence-corrected chi connectivity index (χ0v) is 7.09. The van der Waals surface area contributed by atoms with Crippen LogP contribution in [-0.2, 0) is 0 Å². The minimum atomic E-state index is -0.821. The average molecular weight is 202 g/mol. The van der Waals surface area contributed by atoms with Crippen LogP contribution in [0, 0.1) is 0 Å². The summed E-state index contributed by atoms with van der Waals surface area (Å²) in [5.41, 5.74) is 6.61. The molecule has 0 aliphatic rings. The highest BCUT2D eigenvalue weighted by atomic mass is 32.1. The Morgan fingerprint density at radius 1 is 1.38 bits per heavy atom. The first-order valence-electron chi connectivity index (χ1n) is 3.05. The molecule has 0 aliphatic heterocycles. The van der Waals surface area contributed by atoms with Crippen LogP contribution >= 0.6 is 11.7 Å². The highest BCUT2D eigenvalue weighted by molar-refractivity contribution is 6.99. The molecule has 1 rings (SSSR count). The maximum atomic E-state index is 11.0. The Bertz CT molecular complexity index is 335. The molecule has 8 nitrogen and oxygen atoms in total. The fourth-order valence-corrected chi connectivity index (χ4v) is 1.11. The molecule has 13 heavy (non-hydrogen) atoms. The van der Waals surface area contributed by atoms with Crippen molar-refractivity contribution in [1.29, 1.82) is 0 Å². The summed E-state index contributed by atoms with van der Waals surface area (Å²) < 4.78 is 7.24. The van der Waals surface area contributed by atoms with Crippen LogP contribution in [0.3, 0.4) is 0 Å². The van der Waals surface area contributed by atoms with Gasteiger partial charge in [-0.15, -0.1) is 0 Å². The average Bonchev–Trinajstić information content (AvgIpc) is 2.50. The lowest BCUT2D eigenvalue weighted by atomic mass is 10.4. The third kappa shape index (κ3) is 2.10. The first-order chi connectivity index (χ1) is 6.15. The molecular weight excluding hydrogens is 196 g/mol. The monoisotopic (exact) mass is 202 g/mol. The summed E-state index contributed by atoms with van der Waals surface area (Å²) in [6, 6.07) is -0.821. The largest absolute Gasteiger partial charge is 0.351 e. The molecule has 0 spiro atoms. The van der Waals surface area contributed by atoms with Crippen LogP contribution in [0.1, 0.15) is 10.5 Å². The van der Waals surface area contributed by atoms with Crippen molar-refractivity contribution >= 4 is 29.5 Å². The van der Waals surface area contributed by atoms with Crippen LogP contribution in [0.5, 0.6) is 0 Å². The predicted molar refractivity (Wildman–Crippen MR) is 44.8 cm³/mol. The minimum Gasteiger partial charge on any atom is -0.351 e. The Kier molecular flexibility index (Phi) is 2.72. The quantitative estimate of drug-likeness (QED) is 0.266. The van der Waals surface area contributed by atoms with Crippen LogP contribution in [0.2, 0.25) is 0 Å². The van der Waals surface area contributed by atoms with Gasteiger partial charge in [-0.1, -0.05) is 0 Å². The van der Waals surface area contributed by atoms with E-state index < -0.39 is 11.9 Å². The van der Waals surface area contributed by atoms with Crippen LogP contribution < -0.4 is 22.3 Å². The van der Waals surface area contributed by atoms with E-state index >= 15 is 0 Å². The van der Waals surface area contributed by atoms with Gasteiger partial charge in [-0.05, 0) is 0 Å². The molecule has 70 valence electrons. The van der Waals surface area contributed by atoms with Gasteiger partial charge >= 0.3 is 6.03 Å². The predicted octanol–water partition coefficient (Wildman–Crippen LogP) is -1.37. The van der Waals surface area contributed by atoms with Gasteiger partial charge in [-0.25, -0.2) is 10.6 Å². The molecule has 0 atom stereocenters. The number of nitrogens with two attached hydrogens (primary N) is 2. The molecule has 0 radical (unpaired) electrons. The van der Waals surface area contributed by atoms with E-state index in [2.05, 4.69) is 14.1 Å². The number of carbonyl (C=O) groups excluding carboxylic acids is 2. The molecule has 0 saturated heterocycles. The molecule has 0 aromatic carbocycles. The van der Waals surface area contributed by atoms with Gasteiger partial charge in [0.05, 0.1) is 11.7 Å². The van der Waals surface area contributed by atoms with Gasteiger partial charge in [0.2, 0.25) is 0 Å². The van der Waals surface area contributed by atoms with E-state index in [1.54, 1.807) is 0 Å². The number of nitrogen functional groups attached to an aromatic ring is 1. The van der Waals surface area contributed by atoms with E-state index in [1.165, 1.54) is 0 Å². The van der Waals surface area contributed by atoms with Crippen molar-refractivity contribution in [1.82, 2.24) is 14.2 Å². The van der Waals surface area contributed by atoms with E-state index in [-0.39, 0.29) is 11.5 Å². The number of amides is 3. The number of primary amides is 1. The second kappa shape index (κ2) is 3.78. The van der Waals surface area contributed by atoms with Gasteiger partial charge < -0.3 is 5.73 Å². The number of nitrogens with zero attached hydrogens (tertiary/aromatic N) is 2. The van der Waals surface area contributed by atoms with Crippen LogP contribution in [-0.4, -0.2) is 20.7 Å². The summed E-state index contributed by atoms with van der Waals surface area (Å²) in [4.78, 5) is 21.4. The van der Waals surface area contributed by atoms with Crippen molar-refractivity contribution in [2.75, 3.05) is 5.32 Å². The molecule has 0 unspecified atom stereocenters. The van der Waals surface area contributed by atoms with Gasteiger partial charge in [0.25, 0.3) is 5.91 Å². The SMILES string of the molecule is NNC(=O)c1nsnc1NC(N)=O. The van der Waals surface area contributed by atoms with E-state index in [4.69, 9.17) is 11.6 Å². The van der Waals surface area contributed by atoms with E-state index in [1.807, 2.05) is 5.43 Å². The topological polar surface area (TPSA) is 136 Å². The van der Waals surface area contributed by atoms with E-state index in [9.17, 15) is 9.59 Å². The highest BCUT2D eigenvalue weighted by Gasteiger charge is 2.16. The van der Waals surface area contributed by atoms with Gasteiger partial charge in [0.15, 0.2) is 11.5 Å². The van der Waals surface area contributed by atoms with Crippen LogP contribution in [0.4, 0.5) is 10.6 Å². The lowest BCUT2D eigenvalue weighted by Crippen LogP contribution is -2.31. The zero-order chi connectivity index (χ0) is 9.84. The zero-order valence-electron chi connectivity index (χ0n) is 6.27. The van der Waals surface area contributed by atoms with E-state index in [0.717, 1.165) is 11.7 Å². The van der Waals surface area contributed by atoms with E-state index in [0.29, 0.717) is 0 Å². The summed E-state index contributed by atoms with van der Waals surface area (Å²) in [6.07, 6.45) is 0. The summed E-state index contributed by atoms with van der Waals surface area (Å²) in [7, 11) is 0. The van der Waals surface area contributed by atoms with Crippen molar-refractivity contribution in [3.05, 3.63) is 5.69 Å². The smallest absolute Gasteiger partial charge is 0.317 e. The molecular formula is C4H6N6O2S. The second-order valence-corrected chi connectivity index (χ2v) is 2.45. The molecule has 0 fully saturated rings. The van der Waals surface area contributed by atoms with Crippen molar-refractivity contribution in [2.45, 2.75) is 0 Å². The summed E-state index contributed by atoms with van der Waals surface area (Å²) in [5.74, 6) is 4.22. The Labute approximate surface area is 76.6 Å². The van der Waals surface area contributed by atoms with Gasteiger partial charge in [-0.2, -0.15) is 8.75 Å². The summed E-state index contributed by atoms with van der Waals surface area (Å²) in [5, 5.41) is 2.13. The third-order valence-corrected chi connectivity index (χ3v) is 1.60. The highest BCUT2D eigenvalue weighted by Crippen LogP contribution is 2.10. The molecule has 0 saturated carbocycles. The van der Waals surface area contributed by atoms with Crippen LogP contribution in [0.15, 0.2) is 0 Å². The Hall–Kier alpha value is -1.74. The molecule has 0 aliphatic carbocycles. The summed E-state index contributed by atoms with van der Waals surface area (Å²) in [6.45, 7) is 0. The van der Waals surface area contributed by atoms with Crippen molar-refractivity contribution in [3.63, 3.8) is 0 Å². The van der Waals surface area contributed by atoms with Crippen molar-refractivity contribution in [2.24, 2.45) is 11.6 Å². The number of aromatic nitrogens is 2. The Morgan fingerprint density at radius 3 is 2.62 bits per heavy atom. The number of hydrogen-bond donors (Lipinski definition) is 4. The normalized spacial score (nSPS) is 9.31. The maximum absolute atomic E-state index is 11.0. The van der Waals surface area contributed by atoms with Crippen LogP contribution in [0.25, 0.3) is 0 Å². The molecule has 6 N–H and O–H groups in total. The number of urea groups is 1. The second-order valence-electron chi connectivity index (χ2n) is 1.92. The maximum Gasteiger partial charge on any atom is 0.317 e. The fourth-order valence-electron chi connectivity index (χ4n) is 0.605. The first kappa shape index (κ1) is 9.35. The number of nitrogens with one attached hydrogen (secondary N) is 2. The number of anilines is 1. The molecule has 1 heterocycles. The molecule has 3 amide bonds. The molecule has 1 aromatic rings. The number of rotatable bonds is 2. The third-order valence-electron chi connectivity index (χ3n) is 1.08.